The van der Waals surface area contributed by atoms with Gasteiger partial charge in [0.1, 0.15) is 11.5 Å². The molecule has 2 N–H and O–H groups in total. The van der Waals surface area contributed by atoms with E-state index in [2.05, 4.69) is 0 Å². The van der Waals surface area contributed by atoms with Crippen LogP contribution < -0.4 is 15.2 Å². The molecule has 1 fully saturated rings. The van der Waals surface area contributed by atoms with Crippen molar-refractivity contribution in [2.75, 3.05) is 7.11 Å². The monoisotopic (exact) mass is 263 g/mol. The van der Waals surface area contributed by atoms with E-state index in [1.807, 2.05) is 32.0 Å². The van der Waals surface area contributed by atoms with Crippen molar-refractivity contribution in [3.63, 3.8) is 0 Å². The maximum atomic E-state index is 6.67. The molecule has 1 aliphatic rings. The molecule has 2 rings (SSSR count). The molecule has 1 saturated carbocycles. The molecule has 0 aliphatic heterocycles. The summed E-state index contributed by atoms with van der Waals surface area (Å²) in [5.74, 6) is 1.72. The van der Waals surface area contributed by atoms with Gasteiger partial charge in [0.15, 0.2) is 0 Å². The average molecular weight is 263 g/mol. The van der Waals surface area contributed by atoms with Crippen LogP contribution in [0.1, 0.15) is 51.5 Å². The Morgan fingerprint density at radius 3 is 2.32 bits per heavy atom. The summed E-state index contributed by atoms with van der Waals surface area (Å²) < 4.78 is 11.5. The Morgan fingerprint density at radius 1 is 1.11 bits per heavy atom. The fraction of sp³-hybridized carbons (Fsp3) is 0.625. The van der Waals surface area contributed by atoms with E-state index in [9.17, 15) is 0 Å². The van der Waals surface area contributed by atoms with Crippen molar-refractivity contribution in [2.24, 2.45) is 5.73 Å². The third kappa shape index (κ3) is 3.03. The van der Waals surface area contributed by atoms with Crippen molar-refractivity contribution < 1.29 is 9.47 Å². The third-order valence-corrected chi connectivity index (χ3v) is 3.81. The number of nitrogens with two attached hydrogens (primary N) is 1. The maximum Gasteiger partial charge on any atom is 0.128 e. The lowest BCUT2D eigenvalue weighted by atomic mass is 9.76. The Hall–Kier alpha value is -1.22. The van der Waals surface area contributed by atoms with Crippen LogP contribution in [0.25, 0.3) is 0 Å². The largest absolute Gasteiger partial charge is 0.496 e. The molecule has 0 atom stereocenters. The van der Waals surface area contributed by atoms with Crippen LogP contribution >= 0.6 is 0 Å². The van der Waals surface area contributed by atoms with Crippen LogP contribution in [0.5, 0.6) is 11.5 Å². The smallest absolute Gasteiger partial charge is 0.128 e. The van der Waals surface area contributed by atoms with Crippen LogP contribution in [0.3, 0.4) is 0 Å². The van der Waals surface area contributed by atoms with Gasteiger partial charge in [0, 0.05) is 5.54 Å². The van der Waals surface area contributed by atoms with E-state index in [-0.39, 0.29) is 11.6 Å². The van der Waals surface area contributed by atoms with E-state index in [0.717, 1.165) is 29.9 Å². The van der Waals surface area contributed by atoms with Crippen LogP contribution in [-0.2, 0) is 5.54 Å². The molecule has 0 saturated heterocycles. The highest BCUT2D eigenvalue weighted by molar-refractivity contribution is 5.49. The summed E-state index contributed by atoms with van der Waals surface area (Å²) in [6, 6.07) is 5.94. The van der Waals surface area contributed by atoms with Gasteiger partial charge in [-0.05, 0) is 38.8 Å². The topological polar surface area (TPSA) is 44.5 Å². The van der Waals surface area contributed by atoms with Gasteiger partial charge in [0.25, 0.3) is 0 Å². The summed E-state index contributed by atoms with van der Waals surface area (Å²) in [6.07, 6.45) is 5.77. The van der Waals surface area contributed by atoms with E-state index in [0.29, 0.717) is 0 Å². The first-order valence-electron chi connectivity index (χ1n) is 7.20. The molecule has 0 heterocycles. The van der Waals surface area contributed by atoms with Gasteiger partial charge in [-0.2, -0.15) is 0 Å². The first kappa shape index (κ1) is 14.2. The van der Waals surface area contributed by atoms with Gasteiger partial charge in [-0.1, -0.05) is 25.3 Å². The number of hydrogen-bond donors (Lipinski definition) is 1. The number of methoxy groups -OCH3 is 1. The number of rotatable bonds is 4. The zero-order chi connectivity index (χ0) is 13.9. The predicted octanol–water partition coefficient (Wildman–Crippen LogP) is 3.60. The van der Waals surface area contributed by atoms with Gasteiger partial charge in [0.05, 0.1) is 18.8 Å². The van der Waals surface area contributed by atoms with Gasteiger partial charge >= 0.3 is 0 Å². The average Bonchev–Trinajstić information content (AvgIpc) is 2.38. The molecule has 0 spiro atoms. The van der Waals surface area contributed by atoms with Crippen molar-refractivity contribution in [2.45, 2.75) is 57.6 Å². The molecule has 0 aromatic heterocycles. The quantitative estimate of drug-likeness (QED) is 0.902. The Bertz CT molecular complexity index is 423. The highest BCUT2D eigenvalue weighted by Crippen LogP contribution is 2.44. The second-order valence-electron chi connectivity index (χ2n) is 5.72. The molecule has 0 amide bonds. The van der Waals surface area contributed by atoms with Crippen molar-refractivity contribution in [3.8, 4) is 11.5 Å². The molecule has 19 heavy (non-hydrogen) atoms. The normalized spacial score (nSPS) is 18.4. The number of ether oxygens (including phenoxy) is 2. The summed E-state index contributed by atoms with van der Waals surface area (Å²) >= 11 is 0. The van der Waals surface area contributed by atoms with E-state index >= 15 is 0 Å². The lowest BCUT2D eigenvalue weighted by molar-refractivity contribution is 0.220. The lowest BCUT2D eigenvalue weighted by Crippen LogP contribution is -2.39. The minimum absolute atomic E-state index is 0.137. The molecule has 106 valence electrons. The Morgan fingerprint density at radius 2 is 1.74 bits per heavy atom. The molecule has 1 aromatic carbocycles. The molecular formula is C16H25NO2. The van der Waals surface area contributed by atoms with Crippen LogP contribution in [0.2, 0.25) is 0 Å². The SMILES string of the molecule is COc1cccc(OC(C)C)c1C1(N)CCCCC1. The van der Waals surface area contributed by atoms with Gasteiger partial charge in [-0.15, -0.1) is 0 Å². The highest BCUT2D eigenvalue weighted by Gasteiger charge is 2.35. The summed E-state index contributed by atoms with van der Waals surface area (Å²) in [7, 11) is 1.70. The molecular weight excluding hydrogens is 238 g/mol. The van der Waals surface area contributed by atoms with E-state index in [1.54, 1.807) is 7.11 Å². The Kier molecular flexibility index (Phi) is 4.35. The molecule has 0 bridgehead atoms. The molecule has 3 nitrogen and oxygen atoms in total. The van der Waals surface area contributed by atoms with Crippen LogP contribution in [-0.4, -0.2) is 13.2 Å². The maximum absolute atomic E-state index is 6.67. The third-order valence-electron chi connectivity index (χ3n) is 3.81. The second kappa shape index (κ2) is 5.83. The van der Waals surface area contributed by atoms with Gasteiger partial charge in [-0.3, -0.25) is 0 Å². The number of hydrogen-bond acceptors (Lipinski definition) is 3. The fourth-order valence-corrected chi connectivity index (χ4v) is 2.96. The number of benzene rings is 1. The Labute approximate surface area is 116 Å². The minimum Gasteiger partial charge on any atom is -0.496 e. The summed E-state index contributed by atoms with van der Waals surface area (Å²) in [5.41, 5.74) is 7.41. The predicted molar refractivity (Wildman–Crippen MR) is 77.7 cm³/mol. The molecule has 0 unspecified atom stereocenters. The van der Waals surface area contributed by atoms with Crippen molar-refractivity contribution in [1.29, 1.82) is 0 Å². The van der Waals surface area contributed by atoms with Crippen molar-refractivity contribution in [3.05, 3.63) is 23.8 Å². The summed E-state index contributed by atoms with van der Waals surface area (Å²) in [5, 5.41) is 0. The first-order chi connectivity index (χ1) is 9.07. The lowest BCUT2D eigenvalue weighted by Gasteiger charge is -2.36. The summed E-state index contributed by atoms with van der Waals surface area (Å²) in [6.45, 7) is 4.07. The van der Waals surface area contributed by atoms with Crippen LogP contribution in [0, 0.1) is 0 Å². The van der Waals surface area contributed by atoms with E-state index in [4.69, 9.17) is 15.2 Å². The summed E-state index contributed by atoms with van der Waals surface area (Å²) in [4.78, 5) is 0. The first-order valence-corrected chi connectivity index (χ1v) is 7.20. The standard InChI is InChI=1S/C16H25NO2/c1-12(2)19-14-9-7-8-13(18-3)15(14)16(17)10-5-4-6-11-16/h7-9,12H,4-6,10-11,17H2,1-3H3. The molecule has 1 aromatic rings. The van der Waals surface area contributed by atoms with E-state index < -0.39 is 0 Å². The Balaban J connectivity index is 2.45. The van der Waals surface area contributed by atoms with Crippen LogP contribution in [0.4, 0.5) is 0 Å². The fourth-order valence-electron chi connectivity index (χ4n) is 2.96. The highest BCUT2D eigenvalue weighted by atomic mass is 16.5. The van der Waals surface area contributed by atoms with Gasteiger partial charge < -0.3 is 15.2 Å². The van der Waals surface area contributed by atoms with Gasteiger partial charge in [-0.25, -0.2) is 0 Å². The van der Waals surface area contributed by atoms with Crippen molar-refractivity contribution in [1.82, 2.24) is 0 Å². The molecule has 1 aliphatic carbocycles. The van der Waals surface area contributed by atoms with Gasteiger partial charge in [0.2, 0.25) is 0 Å². The molecule has 3 heteroatoms. The minimum atomic E-state index is -0.310. The zero-order valence-electron chi connectivity index (χ0n) is 12.2. The molecule has 0 radical (unpaired) electrons. The zero-order valence-corrected chi connectivity index (χ0v) is 12.2. The second-order valence-corrected chi connectivity index (χ2v) is 5.72. The van der Waals surface area contributed by atoms with Crippen molar-refractivity contribution >= 4 is 0 Å². The van der Waals surface area contributed by atoms with Crippen LogP contribution in [0.15, 0.2) is 18.2 Å². The van der Waals surface area contributed by atoms with E-state index in [1.165, 1.54) is 19.3 Å².